The molecule has 2 N–H and O–H groups in total. The van der Waals surface area contributed by atoms with Gasteiger partial charge in [0.05, 0.1) is 10.8 Å². The molecule has 2 amide bonds. The van der Waals surface area contributed by atoms with Crippen molar-refractivity contribution in [3.05, 3.63) is 0 Å². The lowest BCUT2D eigenvalue weighted by Gasteiger charge is -2.55. The molecule has 0 aliphatic heterocycles. The highest BCUT2D eigenvalue weighted by molar-refractivity contribution is 6.53. The number of carbonyl (C=O) groups excluding carboxylic acids is 2. The van der Waals surface area contributed by atoms with Gasteiger partial charge < -0.3 is 0 Å². The van der Waals surface area contributed by atoms with E-state index in [2.05, 4.69) is 10.9 Å². The monoisotopic (exact) mass is 344 g/mol. The zero-order valence-corrected chi connectivity index (χ0v) is 14.3. The minimum Gasteiger partial charge on any atom is -0.273 e. The smallest absolute Gasteiger partial charge is 0.247 e. The molecule has 22 heavy (non-hydrogen) atoms. The van der Waals surface area contributed by atoms with Gasteiger partial charge in [-0.25, -0.2) is 0 Å². The van der Waals surface area contributed by atoms with Gasteiger partial charge in [-0.2, -0.15) is 0 Å². The van der Waals surface area contributed by atoms with Gasteiger partial charge in [0.15, 0.2) is 0 Å². The van der Waals surface area contributed by atoms with Crippen molar-refractivity contribution >= 4 is 35.0 Å². The molecular weight excluding hydrogens is 323 g/mol. The van der Waals surface area contributed by atoms with Crippen LogP contribution in [-0.2, 0) is 9.59 Å². The van der Waals surface area contributed by atoms with Crippen LogP contribution in [-0.4, -0.2) is 16.1 Å². The average molecular weight is 345 g/mol. The molecule has 0 radical (unpaired) electrons. The molecule has 5 fully saturated rings. The van der Waals surface area contributed by atoms with E-state index >= 15 is 0 Å². The fraction of sp³-hybridized carbons (Fsp3) is 0.875. The van der Waals surface area contributed by atoms with Crippen molar-refractivity contribution in [1.82, 2.24) is 10.9 Å². The second-order valence-electron chi connectivity index (χ2n) is 8.32. The molecule has 122 valence electrons. The maximum atomic E-state index is 12.7. The normalized spacial score (nSPS) is 47.1. The Labute approximate surface area is 140 Å². The topological polar surface area (TPSA) is 58.2 Å². The quantitative estimate of drug-likeness (QED) is 0.597. The van der Waals surface area contributed by atoms with Gasteiger partial charge >= 0.3 is 0 Å². The van der Waals surface area contributed by atoms with E-state index in [1.807, 2.05) is 0 Å². The van der Waals surface area contributed by atoms with E-state index in [1.54, 1.807) is 6.92 Å². The summed E-state index contributed by atoms with van der Waals surface area (Å²) in [7, 11) is 0. The van der Waals surface area contributed by atoms with Crippen LogP contribution in [0.4, 0.5) is 0 Å². The Balaban J connectivity index is 1.40. The van der Waals surface area contributed by atoms with Gasteiger partial charge in [-0.15, -0.1) is 23.2 Å². The zero-order valence-electron chi connectivity index (χ0n) is 12.8. The zero-order chi connectivity index (χ0) is 15.8. The van der Waals surface area contributed by atoms with E-state index < -0.39 is 9.75 Å². The summed E-state index contributed by atoms with van der Waals surface area (Å²) in [6.45, 7) is 1.72. The van der Waals surface area contributed by atoms with Crippen molar-refractivity contribution < 1.29 is 9.59 Å². The Bertz CT molecular complexity index is 513. The molecule has 0 heterocycles. The van der Waals surface area contributed by atoms with Crippen LogP contribution in [0.15, 0.2) is 0 Å². The molecule has 4 nitrogen and oxygen atoms in total. The summed E-state index contributed by atoms with van der Waals surface area (Å²) in [4.78, 5) is 24.9. The molecule has 0 aromatic carbocycles. The third-order valence-electron chi connectivity index (χ3n) is 6.57. The first-order valence-electron chi connectivity index (χ1n) is 8.23. The van der Waals surface area contributed by atoms with Crippen molar-refractivity contribution in [1.29, 1.82) is 0 Å². The molecule has 6 heteroatoms. The number of rotatable bonds is 2. The van der Waals surface area contributed by atoms with Crippen LogP contribution in [0, 0.1) is 28.6 Å². The van der Waals surface area contributed by atoms with Gasteiger partial charge in [-0.3, -0.25) is 20.4 Å². The van der Waals surface area contributed by atoms with Gasteiger partial charge in [-0.1, -0.05) is 0 Å². The van der Waals surface area contributed by atoms with Gasteiger partial charge in [-0.05, 0) is 69.6 Å². The summed E-state index contributed by atoms with van der Waals surface area (Å²) in [6, 6.07) is 0. The number of carbonyl (C=O) groups is 2. The molecule has 5 aliphatic carbocycles. The number of hydrazine groups is 1. The highest BCUT2D eigenvalue weighted by atomic mass is 35.5. The maximum absolute atomic E-state index is 12.7. The lowest BCUT2D eigenvalue weighted by molar-refractivity contribution is -0.149. The number of amides is 2. The number of hydrogen-bond donors (Lipinski definition) is 2. The highest BCUT2D eigenvalue weighted by Gasteiger charge is 2.68. The SMILES string of the molecule is CC1(C(=O)NNC(=O)C23CC4CC(CC(C4)C2)C3)CC1(Cl)Cl. The average Bonchev–Trinajstić information content (AvgIpc) is 2.94. The van der Waals surface area contributed by atoms with Crippen LogP contribution in [0.1, 0.15) is 51.9 Å². The number of alkyl halides is 2. The Morgan fingerprint density at radius 1 is 0.909 bits per heavy atom. The van der Waals surface area contributed by atoms with E-state index in [1.165, 1.54) is 19.3 Å². The largest absolute Gasteiger partial charge is 0.273 e. The summed E-state index contributed by atoms with van der Waals surface area (Å²) in [5.74, 6) is 1.79. The van der Waals surface area contributed by atoms with Crippen molar-refractivity contribution in [2.75, 3.05) is 0 Å². The van der Waals surface area contributed by atoms with E-state index in [9.17, 15) is 9.59 Å². The molecule has 1 unspecified atom stereocenters. The number of nitrogens with one attached hydrogen (secondary N) is 2. The predicted octanol–water partition coefficient (Wildman–Crippen LogP) is 2.93. The molecule has 5 rings (SSSR count). The molecule has 5 aliphatic rings. The van der Waals surface area contributed by atoms with Gasteiger partial charge in [0.25, 0.3) is 0 Å². The Morgan fingerprint density at radius 3 is 1.73 bits per heavy atom. The Morgan fingerprint density at radius 2 is 1.32 bits per heavy atom. The third-order valence-corrected chi connectivity index (χ3v) is 7.67. The first-order chi connectivity index (χ1) is 10.2. The van der Waals surface area contributed by atoms with Crippen LogP contribution < -0.4 is 10.9 Å². The lowest BCUT2D eigenvalue weighted by atomic mass is 9.49. The summed E-state index contributed by atoms with van der Waals surface area (Å²) < 4.78 is -1.01. The highest BCUT2D eigenvalue weighted by Crippen LogP contribution is 2.64. The van der Waals surface area contributed by atoms with Crippen molar-refractivity contribution in [3.8, 4) is 0 Å². The number of halogens is 2. The van der Waals surface area contributed by atoms with E-state index in [4.69, 9.17) is 23.2 Å². The van der Waals surface area contributed by atoms with Gasteiger partial charge in [0.2, 0.25) is 11.8 Å². The minimum atomic E-state index is -1.01. The summed E-state index contributed by atoms with van der Waals surface area (Å²) in [5, 5.41) is 0. The molecule has 4 bridgehead atoms. The molecule has 5 saturated carbocycles. The van der Waals surface area contributed by atoms with Crippen LogP contribution in [0.5, 0.6) is 0 Å². The van der Waals surface area contributed by atoms with Gasteiger partial charge in [0.1, 0.15) is 4.33 Å². The second kappa shape index (κ2) is 4.54. The first-order valence-corrected chi connectivity index (χ1v) is 8.98. The lowest BCUT2D eigenvalue weighted by Crippen LogP contribution is -2.57. The summed E-state index contributed by atoms with van der Waals surface area (Å²) in [6.07, 6.45) is 7.23. The predicted molar refractivity (Wildman–Crippen MR) is 84.1 cm³/mol. The van der Waals surface area contributed by atoms with Crippen molar-refractivity contribution in [3.63, 3.8) is 0 Å². The van der Waals surface area contributed by atoms with Crippen LogP contribution in [0.2, 0.25) is 0 Å². The molecule has 1 atom stereocenters. The molecule has 0 saturated heterocycles. The fourth-order valence-corrected chi connectivity index (χ4v) is 6.13. The van der Waals surface area contributed by atoms with E-state index in [-0.39, 0.29) is 17.2 Å². The van der Waals surface area contributed by atoms with Crippen LogP contribution >= 0.6 is 23.2 Å². The third kappa shape index (κ3) is 2.10. The number of hydrogen-bond acceptors (Lipinski definition) is 2. The summed E-state index contributed by atoms with van der Waals surface area (Å²) >= 11 is 12.0. The van der Waals surface area contributed by atoms with Crippen LogP contribution in [0.3, 0.4) is 0 Å². The van der Waals surface area contributed by atoms with E-state index in [0.29, 0.717) is 24.2 Å². The second-order valence-corrected chi connectivity index (χ2v) is 9.80. The maximum Gasteiger partial charge on any atom is 0.247 e. The molecule has 0 spiro atoms. The fourth-order valence-electron chi connectivity index (χ4n) is 5.42. The Kier molecular flexibility index (Phi) is 3.11. The van der Waals surface area contributed by atoms with Crippen molar-refractivity contribution in [2.45, 2.75) is 56.2 Å². The van der Waals surface area contributed by atoms with Gasteiger partial charge in [0, 0.05) is 0 Å². The molecule has 0 aromatic rings. The Hall–Kier alpha value is -0.480. The van der Waals surface area contributed by atoms with E-state index in [0.717, 1.165) is 19.3 Å². The molecule has 0 aromatic heterocycles. The first kappa shape index (κ1) is 15.1. The molecular formula is C16H22Cl2N2O2. The van der Waals surface area contributed by atoms with Crippen molar-refractivity contribution in [2.24, 2.45) is 28.6 Å². The minimum absolute atomic E-state index is 0.0149. The van der Waals surface area contributed by atoms with Crippen LogP contribution in [0.25, 0.3) is 0 Å². The summed E-state index contributed by atoms with van der Waals surface area (Å²) in [5.41, 5.74) is 4.17. The standard InChI is InChI=1S/C16H22Cl2N2O2/c1-14(8-16(14,17)18)12(21)19-20-13(22)15-5-9-2-10(6-15)4-11(3-9)7-15/h9-11H,2-8H2,1H3,(H,19,21)(H,20,22).